The average molecular weight is 379 g/mol. The van der Waals surface area contributed by atoms with Crippen molar-refractivity contribution in [3.8, 4) is 0 Å². The minimum Gasteiger partial charge on any atom is -0.376 e. The first-order chi connectivity index (χ1) is 13.6. The SMILES string of the molecule is Cc1cc(C(=O)CN2CC=C(c3ccccc3)CC2)c(C)n1CC1CCCO1. The Hall–Kier alpha value is -2.17. The van der Waals surface area contributed by atoms with Crippen molar-refractivity contribution in [2.45, 2.75) is 45.8 Å². The summed E-state index contributed by atoms with van der Waals surface area (Å²) >= 11 is 0. The molecule has 0 N–H and O–H groups in total. The third-order valence-electron chi connectivity index (χ3n) is 6.09. The van der Waals surface area contributed by atoms with E-state index in [0.29, 0.717) is 6.54 Å². The molecule has 1 aromatic carbocycles. The topological polar surface area (TPSA) is 34.5 Å². The van der Waals surface area contributed by atoms with Crippen molar-refractivity contribution < 1.29 is 9.53 Å². The average Bonchev–Trinajstić information content (AvgIpc) is 3.33. The van der Waals surface area contributed by atoms with Crippen molar-refractivity contribution in [3.05, 3.63) is 65.0 Å². The van der Waals surface area contributed by atoms with Crippen LogP contribution in [0.4, 0.5) is 0 Å². The van der Waals surface area contributed by atoms with Crippen LogP contribution in [-0.4, -0.2) is 47.6 Å². The normalized spacial score (nSPS) is 20.4. The molecule has 2 aliphatic rings. The summed E-state index contributed by atoms with van der Waals surface area (Å²) in [4.78, 5) is 15.2. The van der Waals surface area contributed by atoms with Gasteiger partial charge in [-0.15, -0.1) is 0 Å². The number of aryl methyl sites for hydroxylation is 1. The zero-order valence-electron chi connectivity index (χ0n) is 17.0. The number of carbonyl (C=O) groups excluding carboxylic acids is 1. The molecule has 0 aliphatic carbocycles. The fourth-order valence-corrected chi connectivity index (χ4v) is 4.41. The van der Waals surface area contributed by atoms with Crippen LogP contribution in [0.5, 0.6) is 0 Å². The van der Waals surface area contributed by atoms with Gasteiger partial charge in [0.25, 0.3) is 0 Å². The molecule has 0 radical (unpaired) electrons. The number of benzene rings is 1. The van der Waals surface area contributed by atoms with Gasteiger partial charge in [0.1, 0.15) is 0 Å². The van der Waals surface area contributed by atoms with Crippen LogP contribution in [0.3, 0.4) is 0 Å². The number of rotatable bonds is 6. The molecule has 1 saturated heterocycles. The third kappa shape index (κ3) is 4.13. The van der Waals surface area contributed by atoms with E-state index in [9.17, 15) is 4.79 Å². The number of hydrogen-bond acceptors (Lipinski definition) is 3. The molecule has 0 bridgehead atoms. The van der Waals surface area contributed by atoms with E-state index in [4.69, 9.17) is 4.74 Å². The van der Waals surface area contributed by atoms with Crippen molar-refractivity contribution in [2.75, 3.05) is 26.2 Å². The minimum atomic E-state index is 0.225. The Morgan fingerprint density at radius 3 is 2.71 bits per heavy atom. The molecule has 28 heavy (non-hydrogen) atoms. The van der Waals surface area contributed by atoms with Crippen molar-refractivity contribution >= 4 is 11.4 Å². The summed E-state index contributed by atoms with van der Waals surface area (Å²) in [7, 11) is 0. The number of hydrogen-bond donors (Lipinski definition) is 0. The van der Waals surface area contributed by atoms with Crippen LogP contribution in [0.15, 0.2) is 42.5 Å². The summed E-state index contributed by atoms with van der Waals surface area (Å²) in [6.45, 7) is 8.14. The van der Waals surface area contributed by atoms with Crippen LogP contribution in [0, 0.1) is 13.8 Å². The molecule has 4 heteroatoms. The van der Waals surface area contributed by atoms with E-state index in [1.807, 2.05) is 6.07 Å². The second-order valence-corrected chi connectivity index (χ2v) is 8.03. The highest BCUT2D eigenvalue weighted by molar-refractivity contribution is 5.99. The van der Waals surface area contributed by atoms with Gasteiger partial charge in [-0.25, -0.2) is 0 Å². The Morgan fingerprint density at radius 1 is 1.21 bits per heavy atom. The first-order valence-corrected chi connectivity index (χ1v) is 10.4. The first kappa shape index (κ1) is 19.2. The van der Waals surface area contributed by atoms with Crippen molar-refractivity contribution in [1.29, 1.82) is 0 Å². The van der Waals surface area contributed by atoms with E-state index in [1.54, 1.807) is 0 Å². The first-order valence-electron chi connectivity index (χ1n) is 10.4. The molecule has 0 spiro atoms. The molecule has 1 aromatic heterocycles. The molecule has 148 valence electrons. The molecule has 2 aromatic rings. The van der Waals surface area contributed by atoms with Gasteiger partial charge in [-0.3, -0.25) is 9.69 Å². The number of ether oxygens (including phenoxy) is 1. The highest BCUT2D eigenvalue weighted by atomic mass is 16.5. The van der Waals surface area contributed by atoms with Crippen LogP contribution in [0.25, 0.3) is 5.57 Å². The third-order valence-corrected chi connectivity index (χ3v) is 6.09. The second-order valence-electron chi connectivity index (χ2n) is 8.03. The second kappa shape index (κ2) is 8.46. The Kier molecular flexibility index (Phi) is 5.79. The van der Waals surface area contributed by atoms with Gasteiger partial charge in [-0.05, 0) is 50.3 Å². The summed E-state index contributed by atoms with van der Waals surface area (Å²) in [5, 5.41) is 0. The van der Waals surface area contributed by atoms with Crippen LogP contribution in [0.2, 0.25) is 0 Å². The molecule has 1 atom stereocenters. The van der Waals surface area contributed by atoms with E-state index in [1.165, 1.54) is 11.1 Å². The van der Waals surface area contributed by atoms with E-state index in [2.05, 4.69) is 59.7 Å². The van der Waals surface area contributed by atoms with Crippen LogP contribution in [0.1, 0.15) is 46.6 Å². The number of aromatic nitrogens is 1. The van der Waals surface area contributed by atoms with Gasteiger partial charge in [0, 0.05) is 43.2 Å². The minimum absolute atomic E-state index is 0.225. The van der Waals surface area contributed by atoms with Gasteiger partial charge >= 0.3 is 0 Å². The molecule has 3 heterocycles. The lowest BCUT2D eigenvalue weighted by Gasteiger charge is -2.25. The number of carbonyl (C=O) groups is 1. The van der Waals surface area contributed by atoms with E-state index >= 15 is 0 Å². The fourth-order valence-electron chi connectivity index (χ4n) is 4.41. The largest absolute Gasteiger partial charge is 0.376 e. The van der Waals surface area contributed by atoms with Gasteiger partial charge in [0.05, 0.1) is 12.6 Å². The molecule has 4 nitrogen and oxygen atoms in total. The zero-order valence-corrected chi connectivity index (χ0v) is 17.0. The van der Waals surface area contributed by atoms with Gasteiger partial charge in [0.2, 0.25) is 0 Å². The zero-order chi connectivity index (χ0) is 19.5. The van der Waals surface area contributed by atoms with Crippen LogP contribution < -0.4 is 0 Å². The Bertz CT molecular complexity index is 860. The maximum atomic E-state index is 13.0. The molecule has 2 aliphatic heterocycles. The molecular formula is C24H30N2O2. The summed E-state index contributed by atoms with van der Waals surface area (Å²) in [5.74, 6) is 0.225. The summed E-state index contributed by atoms with van der Waals surface area (Å²) in [6, 6.07) is 12.6. The van der Waals surface area contributed by atoms with Gasteiger partial charge in [-0.2, -0.15) is 0 Å². The monoisotopic (exact) mass is 378 g/mol. The molecule has 0 amide bonds. The van der Waals surface area contributed by atoms with Gasteiger partial charge in [0.15, 0.2) is 5.78 Å². The fraction of sp³-hybridized carbons (Fsp3) is 0.458. The predicted molar refractivity (Wildman–Crippen MR) is 113 cm³/mol. The van der Waals surface area contributed by atoms with Gasteiger partial charge < -0.3 is 9.30 Å². The van der Waals surface area contributed by atoms with Crippen molar-refractivity contribution in [3.63, 3.8) is 0 Å². The Balaban J connectivity index is 1.40. The smallest absolute Gasteiger partial charge is 0.178 e. The van der Waals surface area contributed by atoms with E-state index < -0.39 is 0 Å². The summed E-state index contributed by atoms with van der Waals surface area (Å²) < 4.78 is 8.04. The predicted octanol–water partition coefficient (Wildman–Crippen LogP) is 4.26. The highest BCUT2D eigenvalue weighted by Gasteiger charge is 2.23. The van der Waals surface area contributed by atoms with Gasteiger partial charge in [-0.1, -0.05) is 36.4 Å². The van der Waals surface area contributed by atoms with E-state index in [-0.39, 0.29) is 11.9 Å². The molecular weight excluding hydrogens is 348 g/mol. The summed E-state index contributed by atoms with van der Waals surface area (Å²) in [6.07, 6.45) is 5.81. The number of Topliss-reactive ketones (excluding diaryl/α,β-unsaturated/α-hetero) is 1. The molecule has 1 fully saturated rings. The van der Waals surface area contributed by atoms with Crippen LogP contribution in [-0.2, 0) is 11.3 Å². The lowest BCUT2D eigenvalue weighted by Crippen LogP contribution is -2.33. The Morgan fingerprint density at radius 2 is 2.04 bits per heavy atom. The van der Waals surface area contributed by atoms with E-state index in [0.717, 1.165) is 62.5 Å². The quantitative estimate of drug-likeness (QED) is 0.705. The lowest BCUT2D eigenvalue weighted by molar-refractivity contribution is 0.0928. The maximum absolute atomic E-state index is 13.0. The molecule has 1 unspecified atom stereocenters. The maximum Gasteiger partial charge on any atom is 0.178 e. The number of nitrogens with zero attached hydrogens (tertiary/aromatic N) is 2. The standard InChI is InChI=1S/C24H30N2O2/c1-18-15-23(19(2)26(18)16-22-9-6-14-28-22)24(27)17-25-12-10-21(11-13-25)20-7-4-3-5-8-20/h3-5,7-8,10,15,22H,6,9,11-14,16-17H2,1-2H3. The lowest BCUT2D eigenvalue weighted by atomic mass is 9.99. The molecule has 0 saturated carbocycles. The van der Waals surface area contributed by atoms with Crippen LogP contribution >= 0.6 is 0 Å². The van der Waals surface area contributed by atoms with Crippen molar-refractivity contribution in [2.24, 2.45) is 0 Å². The highest BCUT2D eigenvalue weighted by Crippen LogP contribution is 2.24. The Labute approximate surface area is 167 Å². The molecule has 4 rings (SSSR count). The van der Waals surface area contributed by atoms with Crippen molar-refractivity contribution in [1.82, 2.24) is 9.47 Å². The number of ketones is 1. The summed E-state index contributed by atoms with van der Waals surface area (Å²) in [5.41, 5.74) is 5.79.